The molecule has 0 radical (unpaired) electrons. The summed E-state index contributed by atoms with van der Waals surface area (Å²) in [5.41, 5.74) is 2.46. The predicted molar refractivity (Wildman–Crippen MR) is 74.3 cm³/mol. The van der Waals surface area contributed by atoms with Gasteiger partial charge in [0, 0.05) is 25.0 Å². The third-order valence-corrected chi connectivity index (χ3v) is 3.21. The van der Waals surface area contributed by atoms with Crippen LogP contribution in [0.1, 0.15) is 6.42 Å². The summed E-state index contributed by atoms with van der Waals surface area (Å²) in [7, 11) is 2.10. The lowest BCUT2D eigenvalue weighted by Crippen LogP contribution is -2.25. The molecule has 2 aromatic heterocycles. The van der Waals surface area contributed by atoms with Crippen molar-refractivity contribution >= 4 is 11.9 Å². The van der Waals surface area contributed by atoms with Gasteiger partial charge in [0.2, 0.25) is 17.8 Å². The molecule has 1 unspecified atom stereocenters. The molecule has 9 heteroatoms. The van der Waals surface area contributed by atoms with Gasteiger partial charge in [-0.2, -0.15) is 15.0 Å². The minimum Gasteiger partial charge on any atom is -0.350 e. The quantitative estimate of drug-likeness (QED) is 0.504. The molecule has 0 amide bonds. The van der Waals surface area contributed by atoms with E-state index in [1.807, 2.05) is 0 Å². The minimum atomic E-state index is 0.317. The summed E-state index contributed by atoms with van der Waals surface area (Å²) in [6.07, 6.45) is 6.12. The smallest absolute Gasteiger partial charge is 0.243 e. The second-order valence-electron chi connectivity index (χ2n) is 4.79. The van der Waals surface area contributed by atoms with Gasteiger partial charge in [-0.15, -0.1) is 0 Å². The Morgan fingerprint density at radius 1 is 1.30 bits per heavy atom. The Labute approximate surface area is 116 Å². The van der Waals surface area contributed by atoms with Crippen molar-refractivity contribution < 1.29 is 0 Å². The topological polar surface area (TPSA) is 110 Å². The second kappa shape index (κ2) is 5.39. The molecule has 1 saturated heterocycles. The molecule has 1 atom stereocenters. The maximum absolute atomic E-state index is 5.41. The number of nitrogens with zero attached hydrogens (tertiary/aromatic N) is 6. The molecule has 4 N–H and O–H groups in total. The molecule has 0 bridgehead atoms. The highest BCUT2D eigenvalue weighted by Gasteiger charge is 2.20. The largest absolute Gasteiger partial charge is 0.350 e. The first-order valence-corrected chi connectivity index (χ1v) is 6.40. The van der Waals surface area contributed by atoms with Crippen LogP contribution in [-0.4, -0.2) is 55.6 Å². The number of nitrogens with one attached hydrogen (secondary N) is 2. The van der Waals surface area contributed by atoms with E-state index in [9.17, 15) is 0 Å². The van der Waals surface area contributed by atoms with Crippen molar-refractivity contribution in [2.75, 3.05) is 30.9 Å². The van der Waals surface area contributed by atoms with E-state index in [4.69, 9.17) is 5.84 Å². The lowest BCUT2D eigenvalue weighted by Gasteiger charge is -2.14. The number of nitrogens with two attached hydrogens (primary N) is 1. The predicted octanol–water partition coefficient (Wildman–Crippen LogP) is -0.541. The van der Waals surface area contributed by atoms with Crippen molar-refractivity contribution in [3.05, 3.63) is 18.7 Å². The molecule has 1 aliphatic rings. The van der Waals surface area contributed by atoms with Gasteiger partial charge in [-0.05, 0) is 20.0 Å². The Morgan fingerprint density at radius 2 is 2.15 bits per heavy atom. The zero-order chi connectivity index (χ0) is 13.9. The van der Waals surface area contributed by atoms with E-state index < -0.39 is 0 Å². The summed E-state index contributed by atoms with van der Waals surface area (Å²) < 4.78 is 1.70. The van der Waals surface area contributed by atoms with E-state index in [0.29, 0.717) is 23.9 Å². The van der Waals surface area contributed by atoms with Gasteiger partial charge in [0.15, 0.2) is 0 Å². The highest BCUT2D eigenvalue weighted by Crippen LogP contribution is 2.14. The van der Waals surface area contributed by atoms with Crippen LogP contribution < -0.4 is 16.6 Å². The fraction of sp³-hybridized carbons (Fsp3) is 0.455. The van der Waals surface area contributed by atoms with Crippen LogP contribution in [0.2, 0.25) is 0 Å². The first-order valence-electron chi connectivity index (χ1n) is 6.40. The minimum absolute atomic E-state index is 0.317. The molecule has 0 aliphatic carbocycles. The summed E-state index contributed by atoms with van der Waals surface area (Å²) in [5.74, 6) is 6.71. The highest BCUT2D eigenvalue weighted by atomic mass is 15.4. The molecule has 20 heavy (non-hydrogen) atoms. The number of anilines is 2. The molecule has 1 fully saturated rings. The SMILES string of the molecule is CN1CCC(Nc2nc(NN)nc(-n3ccnc3)n2)C1. The van der Waals surface area contributed by atoms with Crippen molar-refractivity contribution in [2.24, 2.45) is 5.84 Å². The molecule has 0 aromatic carbocycles. The van der Waals surface area contributed by atoms with Gasteiger partial charge in [0.25, 0.3) is 0 Å². The van der Waals surface area contributed by atoms with Crippen LogP contribution in [0, 0.1) is 0 Å². The van der Waals surface area contributed by atoms with Gasteiger partial charge in [-0.25, -0.2) is 10.8 Å². The van der Waals surface area contributed by atoms with Crippen LogP contribution in [0.25, 0.3) is 5.95 Å². The Bertz CT molecular complexity index is 567. The second-order valence-corrected chi connectivity index (χ2v) is 4.79. The standard InChI is InChI=1S/C11H17N9/c1-19-4-2-8(6-19)14-9-15-10(18-12)17-11(16-9)20-5-3-13-7-20/h3,5,7-8H,2,4,6,12H2,1H3,(H2,14,15,16,17,18). The van der Waals surface area contributed by atoms with E-state index in [-0.39, 0.29) is 0 Å². The molecule has 3 rings (SSSR count). The Morgan fingerprint density at radius 3 is 2.80 bits per heavy atom. The van der Waals surface area contributed by atoms with Gasteiger partial charge >= 0.3 is 0 Å². The maximum Gasteiger partial charge on any atom is 0.243 e. The molecule has 0 spiro atoms. The average molecular weight is 275 g/mol. The first-order chi connectivity index (χ1) is 9.74. The van der Waals surface area contributed by atoms with E-state index in [1.54, 1.807) is 23.3 Å². The molecule has 9 nitrogen and oxygen atoms in total. The van der Waals surface area contributed by atoms with E-state index in [2.05, 4.69) is 42.6 Å². The molecule has 0 saturated carbocycles. The van der Waals surface area contributed by atoms with Gasteiger partial charge < -0.3 is 10.2 Å². The molecular weight excluding hydrogens is 258 g/mol. The summed E-state index contributed by atoms with van der Waals surface area (Å²) in [5, 5.41) is 3.32. The summed E-state index contributed by atoms with van der Waals surface area (Å²) >= 11 is 0. The van der Waals surface area contributed by atoms with Crippen molar-refractivity contribution in [3.8, 4) is 5.95 Å². The third kappa shape index (κ3) is 2.68. The van der Waals surface area contributed by atoms with Crippen molar-refractivity contribution in [1.82, 2.24) is 29.4 Å². The zero-order valence-electron chi connectivity index (χ0n) is 11.2. The van der Waals surface area contributed by atoms with Gasteiger partial charge in [0.05, 0.1) is 0 Å². The van der Waals surface area contributed by atoms with E-state index >= 15 is 0 Å². The third-order valence-electron chi connectivity index (χ3n) is 3.21. The number of aromatic nitrogens is 5. The monoisotopic (exact) mass is 275 g/mol. The first kappa shape index (κ1) is 12.8. The van der Waals surface area contributed by atoms with Crippen LogP contribution >= 0.6 is 0 Å². The number of hydrazine groups is 1. The number of rotatable bonds is 4. The fourth-order valence-corrected chi connectivity index (χ4v) is 2.22. The summed E-state index contributed by atoms with van der Waals surface area (Å²) in [6, 6.07) is 0.337. The lowest BCUT2D eigenvalue weighted by atomic mass is 10.3. The van der Waals surface area contributed by atoms with Crippen LogP contribution in [0.4, 0.5) is 11.9 Å². The highest BCUT2D eigenvalue weighted by molar-refractivity contribution is 5.38. The van der Waals surface area contributed by atoms with Crippen LogP contribution in [0.5, 0.6) is 0 Å². The fourth-order valence-electron chi connectivity index (χ4n) is 2.22. The van der Waals surface area contributed by atoms with E-state index in [0.717, 1.165) is 19.5 Å². The molecule has 3 heterocycles. The van der Waals surface area contributed by atoms with Crippen molar-refractivity contribution in [1.29, 1.82) is 0 Å². The summed E-state index contributed by atoms with van der Waals surface area (Å²) in [6.45, 7) is 2.04. The Kier molecular flexibility index (Phi) is 3.44. The summed E-state index contributed by atoms with van der Waals surface area (Å²) in [4.78, 5) is 19.1. The number of likely N-dealkylation sites (N-methyl/N-ethyl adjacent to an activating group) is 1. The number of imidazole rings is 1. The molecular formula is C11H17N9. The number of hydrogen-bond donors (Lipinski definition) is 3. The van der Waals surface area contributed by atoms with Crippen molar-refractivity contribution in [3.63, 3.8) is 0 Å². The van der Waals surface area contributed by atoms with Gasteiger partial charge in [-0.1, -0.05) is 0 Å². The Hall–Kier alpha value is -2.26. The lowest BCUT2D eigenvalue weighted by molar-refractivity contribution is 0.414. The normalized spacial score (nSPS) is 19.2. The molecule has 106 valence electrons. The zero-order valence-corrected chi connectivity index (χ0v) is 11.2. The van der Waals surface area contributed by atoms with Gasteiger partial charge in [-0.3, -0.25) is 9.99 Å². The van der Waals surface area contributed by atoms with Crippen LogP contribution in [0.3, 0.4) is 0 Å². The van der Waals surface area contributed by atoms with Crippen LogP contribution in [-0.2, 0) is 0 Å². The van der Waals surface area contributed by atoms with E-state index in [1.165, 1.54) is 0 Å². The molecule has 1 aliphatic heterocycles. The average Bonchev–Trinajstić information content (AvgIpc) is 3.10. The van der Waals surface area contributed by atoms with Gasteiger partial charge in [0.1, 0.15) is 6.33 Å². The number of hydrogen-bond acceptors (Lipinski definition) is 8. The number of nitrogen functional groups attached to an aromatic ring is 1. The Balaban J connectivity index is 1.85. The van der Waals surface area contributed by atoms with Crippen LogP contribution in [0.15, 0.2) is 18.7 Å². The number of likely N-dealkylation sites (tertiary alicyclic amines) is 1. The van der Waals surface area contributed by atoms with Crippen molar-refractivity contribution in [2.45, 2.75) is 12.5 Å². The molecule has 2 aromatic rings. The maximum atomic E-state index is 5.41.